The molecule has 1 aliphatic rings. The van der Waals surface area contributed by atoms with Gasteiger partial charge in [0.15, 0.2) is 0 Å². The Labute approximate surface area is 116 Å². The maximum absolute atomic E-state index is 12.3. The van der Waals surface area contributed by atoms with Crippen LogP contribution in [-0.2, 0) is 9.59 Å². The molecule has 0 aromatic heterocycles. The molecule has 1 saturated carbocycles. The first-order chi connectivity index (χ1) is 8.82. The first-order valence-electron chi connectivity index (χ1n) is 7.34. The summed E-state index contributed by atoms with van der Waals surface area (Å²) in [7, 11) is 0. The van der Waals surface area contributed by atoms with Gasteiger partial charge in [-0.15, -0.1) is 0 Å². The van der Waals surface area contributed by atoms with Gasteiger partial charge in [0.2, 0.25) is 5.91 Å². The van der Waals surface area contributed by atoms with E-state index in [9.17, 15) is 9.59 Å². The zero-order valence-corrected chi connectivity index (χ0v) is 12.6. The Morgan fingerprint density at radius 1 is 1.05 bits per heavy atom. The van der Waals surface area contributed by atoms with Crippen LogP contribution in [-0.4, -0.2) is 35.0 Å². The molecule has 0 saturated heterocycles. The van der Waals surface area contributed by atoms with E-state index in [1.54, 1.807) is 0 Å². The largest absolute Gasteiger partial charge is 0.481 e. The minimum atomic E-state index is -0.828. The molecule has 0 aromatic carbocycles. The van der Waals surface area contributed by atoms with Gasteiger partial charge in [0.05, 0.1) is 11.8 Å². The fraction of sp³-hybridized carbons (Fsp3) is 0.867. The number of aliphatic carboxylic acids is 1. The molecule has 4 heteroatoms. The van der Waals surface area contributed by atoms with Gasteiger partial charge in [-0.1, -0.05) is 27.7 Å². The average Bonchev–Trinajstić information content (AvgIpc) is 3.07. The molecule has 4 nitrogen and oxygen atoms in total. The normalized spacial score (nSPS) is 21.8. The molecule has 19 heavy (non-hydrogen) atoms. The highest BCUT2D eigenvalue weighted by atomic mass is 16.4. The summed E-state index contributed by atoms with van der Waals surface area (Å²) in [6.45, 7) is 10.1. The fourth-order valence-electron chi connectivity index (χ4n) is 2.14. The van der Waals surface area contributed by atoms with Crippen LogP contribution in [0.5, 0.6) is 0 Å². The molecule has 1 amide bonds. The van der Waals surface area contributed by atoms with Crippen LogP contribution in [0.3, 0.4) is 0 Å². The van der Waals surface area contributed by atoms with Gasteiger partial charge in [0, 0.05) is 13.1 Å². The van der Waals surface area contributed by atoms with Crippen molar-refractivity contribution < 1.29 is 14.7 Å². The summed E-state index contributed by atoms with van der Waals surface area (Å²) in [6.07, 6.45) is 2.48. The molecule has 0 aromatic rings. The quantitative estimate of drug-likeness (QED) is 0.737. The number of carbonyl (C=O) groups excluding carboxylic acids is 1. The predicted molar refractivity (Wildman–Crippen MR) is 74.7 cm³/mol. The number of hydrogen-bond donors (Lipinski definition) is 1. The van der Waals surface area contributed by atoms with Crippen molar-refractivity contribution in [2.75, 3.05) is 13.1 Å². The Morgan fingerprint density at radius 3 is 1.84 bits per heavy atom. The standard InChI is InChI=1S/C15H27NO3/c1-10(2)5-7-16(8-6-11(3)4)14(17)12-9-13(12)15(18)19/h10-13H,5-9H2,1-4H3,(H,18,19)/t12-,13+/m1/s1. The molecule has 1 aliphatic carbocycles. The van der Waals surface area contributed by atoms with E-state index in [0.29, 0.717) is 18.3 Å². The van der Waals surface area contributed by atoms with E-state index in [1.807, 2.05) is 4.90 Å². The second-order valence-corrected chi connectivity index (χ2v) is 6.48. The zero-order valence-electron chi connectivity index (χ0n) is 12.6. The van der Waals surface area contributed by atoms with Crippen molar-refractivity contribution in [1.82, 2.24) is 4.90 Å². The molecule has 0 heterocycles. The molecule has 0 aliphatic heterocycles. The molecule has 0 spiro atoms. The van der Waals surface area contributed by atoms with E-state index >= 15 is 0 Å². The molecule has 1 rings (SSSR count). The SMILES string of the molecule is CC(C)CCN(CCC(C)C)C(=O)[C@@H]1C[C@@H]1C(=O)O. The summed E-state index contributed by atoms with van der Waals surface area (Å²) in [5, 5.41) is 8.92. The number of amides is 1. The van der Waals surface area contributed by atoms with Crippen molar-refractivity contribution in [3.8, 4) is 0 Å². The van der Waals surface area contributed by atoms with Crippen molar-refractivity contribution in [1.29, 1.82) is 0 Å². The lowest BCUT2D eigenvalue weighted by Crippen LogP contribution is -2.36. The third kappa shape index (κ3) is 5.21. The maximum atomic E-state index is 12.3. The lowest BCUT2D eigenvalue weighted by atomic mass is 10.1. The molecule has 1 N–H and O–H groups in total. The van der Waals surface area contributed by atoms with Crippen LogP contribution in [0.4, 0.5) is 0 Å². The number of carboxylic acids is 1. The highest BCUT2D eigenvalue weighted by molar-refractivity contribution is 5.89. The first-order valence-corrected chi connectivity index (χ1v) is 7.34. The average molecular weight is 269 g/mol. The highest BCUT2D eigenvalue weighted by Gasteiger charge is 2.49. The molecule has 110 valence electrons. The minimum absolute atomic E-state index is 0.0497. The second kappa shape index (κ2) is 6.92. The lowest BCUT2D eigenvalue weighted by Gasteiger charge is -2.24. The van der Waals surface area contributed by atoms with Crippen LogP contribution >= 0.6 is 0 Å². The van der Waals surface area contributed by atoms with Gasteiger partial charge in [-0.3, -0.25) is 9.59 Å². The minimum Gasteiger partial charge on any atom is -0.481 e. The predicted octanol–water partition coefficient (Wildman–Crippen LogP) is 2.63. The summed E-state index contributed by atoms with van der Waals surface area (Å²) in [4.78, 5) is 25.1. The van der Waals surface area contributed by atoms with Crippen molar-refractivity contribution >= 4 is 11.9 Å². The highest BCUT2D eigenvalue weighted by Crippen LogP contribution is 2.40. The summed E-state index contributed by atoms with van der Waals surface area (Å²) >= 11 is 0. The van der Waals surface area contributed by atoms with E-state index in [2.05, 4.69) is 27.7 Å². The Kier molecular flexibility index (Phi) is 5.83. The van der Waals surface area contributed by atoms with Crippen LogP contribution in [0.25, 0.3) is 0 Å². The van der Waals surface area contributed by atoms with E-state index < -0.39 is 11.9 Å². The second-order valence-electron chi connectivity index (χ2n) is 6.48. The lowest BCUT2D eigenvalue weighted by molar-refractivity contribution is -0.142. The van der Waals surface area contributed by atoms with Crippen molar-refractivity contribution in [3.63, 3.8) is 0 Å². The van der Waals surface area contributed by atoms with E-state index in [1.165, 1.54) is 0 Å². The monoisotopic (exact) mass is 269 g/mol. The smallest absolute Gasteiger partial charge is 0.307 e. The van der Waals surface area contributed by atoms with Crippen LogP contribution in [0.15, 0.2) is 0 Å². The summed E-state index contributed by atoms with van der Waals surface area (Å²) in [5.74, 6) is -0.364. The number of carboxylic acid groups (broad SMARTS) is 1. The third-order valence-electron chi connectivity index (χ3n) is 3.69. The molecular weight excluding hydrogens is 242 g/mol. The van der Waals surface area contributed by atoms with Crippen molar-refractivity contribution in [2.24, 2.45) is 23.7 Å². The molecule has 0 bridgehead atoms. The molecule has 2 atom stereocenters. The van der Waals surface area contributed by atoms with Crippen molar-refractivity contribution in [2.45, 2.75) is 47.0 Å². The van der Waals surface area contributed by atoms with Gasteiger partial charge in [-0.2, -0.15) is 0 Å². The third-order valence-corrected chi connectivity index (χ3v) is 3.69. The maximum Gasteiger partial charge on any atom is 0.307 e. The van der Waals surface area contributed by atoms with Crippen LogP contribution < -0.4 is 0 Å². The van der Waals surface area contributed by atoms with E-state index in [0.717, 1.165) is 25.9 Å². The molecule has 1 fully saturated rings. The van der Waals surface area contributed by atoms with E-state index in [4.69, 9.17) is 5.11 Å². The molecular formula is C15H27NO3. The van der Waals surface area contributed by atoms with Crippen molar-refractivity contribution in [3.05, 3.63) is 0 Å². The number of nitrogens with zero attached hydrogens (tertiary/aromatic N) is 1. The Hall–Kier alpha value is -1.06. The van der Waals surface area contributed by atoms with Crippen LogP contribution in [0.2, 0.25) is 0 Å². The topological polar surface area (TPSA) is 57.6 Å². The number of rotatable bonds is 8. The van der Waals surface area contributed by atoms with Gasteiger partial charge in [0.1, 0.15) is 0 Å². The van der Waals surface area contributed by atoms with Gasteiger partial charge >= 0.3 is 5.97 Å². The Balaban J connectivity index is 2.52. The van der Waals surface area contributed by atoms with Gasteiger partial charge in [0.25, 0.3) is 0 Å². The summed E-state index contributed by atoms with van der Waals surface area (Å²) < 4.78 is 0. The van der Waals surface area contributed by atoms with Gasteiger partial charge < -0.3 is 10.0 Å². The Morgan fingerprint density at radius 2 is 1.53 bits per heavy atom. The zero-order chi connectivity index (χ0) is 14.6. The number of hydrogen-bond acceptors (Lipinski definition) is 2. The molecule has 0 radical (unpaired) electrons. The van der Waals surface area contributed by atoms with Gasteiger partial charge in [-0.25, -0.2) is 0 Å². The fourth-order valence-corrected chi connectivity index (χ4v) is 2.14. The van der Waals surface area contributed by atoms with Crippen LogP contribution in [0, 0.1) is 23.7 Å². The van der Waals surface area contributed by atoms with E-state index in [-0.39, 0.29) is 11.8 Å². The number of carbonyl (C=O) groups is 2. The summed E-state index contributed by atoms with van der Waals surface area (Å²) in [5.41, 5.74) is 0. The first kappa shape index (κ1) is 16.0. The van der Waals surface area contributed by atoms with Crippen LogP contribution in [0.1, 0.15) is 47.0 Å². The summed E-state index contributed by atoms with van der Waals surface area (Å²) in [6, 6.07) is 0. The molecule has 0 unspecified atom stereocenters. The van der Waals surface area contributed by atoms with Gasteiger partial charge in [-0.05, 0) is 31.1 Å². The Bertz CT molecular complexity index is 313.